The maximum absolute atomic E-state index is 14.9. The topological polar surface area (TPSA) is 71.2 Å². The lowest BCUT2D eigenvalue weighted by Crippen LogP contribution is -2.13. The van der Waals surface area contributed by atoms with E-state index in [1.807, 2.05) is 13.0 Å². The highest BCUT2D eigenvalue weighted by Gasteiger charge is 2.20. The van der Waals surface area contributed by atoms with Gasteiger partial charge in [-0.15, -0.1) is 11.8 Å². The molecule has 0 amide bonds. The number of nitrogens with one attached hydrogen (secondary N) is 1. The summed E-state index contributed by atoms with van der Waals surface area (Å²) < 4.78 is 18.1. The lowest BCUT2D eigenvalue weighted by atomic mass is 9.93. The average Bonchev–Trinajstić information content (AvgIpc) is 2.76. The van der Waals surface area contributed by atoms with Gasteiger partial charge in [-0.05, 0) is 65.7 Å². The molecule has 0 aliphatic rings. The van der Waals surface area contributed by atoms with E-state index in [4.69, 9.17) is 17.3 Å². The van der Waals surface area contributed by atoms with Gasteiger partial charge in [0.25, 0.3) is 0 Å². The van der Waals surface area contributed by atoms with Crippen molar-refractivity contribution in [3.05, 3.63) is 94.5 Å². The third-order valence-corrected chi connectivity index (χ3v) is 6.44. The van der Waals surface area contributed by atoms with Crippen LogP contribution in [0.5, 0.6) is 0 Å². The molecule has 0 saturated heterocycles. The van der Waals surface area contributed by atoms with Gasteiger partial charge in [0, 0.05) is 39.6 Å². The van der Waals surface area contributed by atoms with E-state index in [-0.39, 0.29) is 10.9 Å². The Labute approximate surface area is 188 Å². The van der Waals surface area contributed by atoms with Crippen LogP contribution in [0.25, 0.3) is 11.1 Å². The van der Waals surface area contributed by atoms with E-state index in [2.05, 4.69) is 9.71 Å². The Bertz CT molecular complexity index is 1020. The van der Waals surface area contributed by atoms with E-state index in [1.54, 1.807) is 54.2 Å². The number of rotatable bonds is 8. The minimum atomic E-state index is -1.14. The molecule has 8 heteroatoms. The highest BCUT2D eigenvalue weighted by molar-refractivity contribution is 8.04. The van der Waals surface area contributed by atoms with Gasteiger partial charge in [-0.2, -0.15) is 0 Å². The molecule has 0 radical (unpaired) electrons. The van der Waals surface area contributed by atoms with Crippen LogP contribution in [0.15, 0.2) is 77.4 Å². The van der Waals surface area contributed by atoms with Crippen LogP contribution in [0.2, 0.25) is 5.02 Å². The Morgan fingerprint density at radius 1 is 1.20 bits per heavy atom. The van der Waals surface area contributed by atoms with Crippen LogP contribution < -0.4 is 10.5 Å². The Morgan fingerprint density at radius 2 is 2.00 bits per heavy atom. The summed E-state index contributed by atoms with van der Waals surface area (Å²) >= 11 is 9.00. The summed E-state index contributed by atoms with van der Waals surface area (Å²) in [7, 11) is 0. The standard InChI is InChI=1S/C22H21ClFN3OS2/c1-14(29-10-8-25)27-30-17-5-7-19(21(24)12-17)22(28)18-6-4-16(23)11-20(18)15-3-2-9-26-13-15/h2-14,22,27-28H,25H2,1H3/b10-8-. The SMILES string of the molecule is CC(NSc1ccc(C(O)c2ccc(Cl)cc2-c2cccnc2)c(F)c1)S/C=C\N. The fourth-order valence-electron chi connectivity index (χ4n) is 2.84. The second-order valence-corrected chi connectivity index (χ2v) is 8.98. The quantitative estimate of drug-likeness (QED) is 0.294. The fraction of sp³-hybridized carbons (Fsp3) is 0.136. The molecule has 156 valence electrons. The molecule has 1 aromatic heterocycles. The van der Waals surface area contributed by atoms with E-state index in [9.17, 15) is 9.50 Å². The van der Waals surface area contributed by atoms with Gasteiger partial charge in [-0.25, -0.2) is 9.11 Å². The number of aliphatic hydroxyl groups excluding tert-OH is 1. The first-order valence-electron chi connectivity index (χ1n) is 9.11. The Morgan fingerprint density at radius 3 is 2.70 bits per heavy atom. The van der Waals surface area contributed by atoms with Crippen LogP contribution in [-0.4, -0.2) is 15.5 Å². The molecule has 4 N–H and O–H groups in total. The number of nitrogens with two attached hydrogens (primary N) is 1. The molecule has 3 rings (SSSR count). The monoisotopic (exact) mass is 461 g/mol. The maximum atomic E-state index is 14.9. The van der Waals surface area contributed by atoms with Crippen molar-refractivity contribution in [2.75, 3.05) is 0 Å². The van der Waals surface area contributed by atoms with E-state index >= 15 is 0 Å². The first-order valence-corrected chi connectivity index (χ1v) is 11.2. The molecular weight excluding hydrogens is 441 g/mol. The minimum absolute atomic E-state index is 0.0965. The molecule has 0 bridgehead atoms. The average molecular weight is 462 g/mol. The first kappa shape index (κ1) is 22.7. The number of hydrogen-bond acceptors (Lipinski definition) is 6. The summed E-state index contributed by atoms with van der Waals surface area (Å²) in [6.45, 7) is 1.98. The summed E-state index contributed by atoms with van der Waals surface area (Å²) in [5.74, 6) is -0.483. The molecule has 3 aromatic rings. The summed E-state index contributed by atoms with van der Waals surface area (Å²) in [6, 6.07) is 13.6. The van der Waals surface area contributed by atoms with Gasteiger partial charge >= 0.3 is 0 Å². The normalized spacial score (nSPS) is 13.5. The second-order valence-electron chi connectivity index (χ2n) is 6.39. The van der Waals surface area contributed by atoms with Crippen molar-refractivity contribution in [3.8, 4) is 11.1 Å². The van der Waals surface area contributed by atoms with Crippen LogP contribution in [-0.2, 0) is 0 Å². The molecule has 2 unspecified atom stereocenters. The lowest BCUT2D eigenvalue weighted by molar-refractivity contribution is 0.215. The summed E-state index contributed by atoms with van der Waals surface area (Å²) in [4.78, 5) is 4.83. The molecule has 4 nitrogen and oxygen atoms in total. The predicted octanol–water partition coefficient (Wildman–Crippen LogP) is 5.73. The van der Waals surface area contributed by atoms with Gasteiger partial charge in [0.05, 0.1) is 5.37 Å². The van der Waals surface area contributed by atoms with Crippen molar-refractivity contribution in [1.29, 1.82) is 0 Å². The zero-order valence-electron chi connectivity index (χ0n) is 16.1. The largest absolute Gasteiger partial charge is 0.404 e. The highest BCUT2D eigenvalue weighted by Crippen LogP contribution is 2.35. The second kappa shape index (κ2) is 10.8. The summed E-state index contributed by atoms with van der Waals surface area (Å²) in [5, 5.41) is 13.4. The van der Waals surface area contributed by atoms with Gasteiger partial charge in [-0.1, -0.05) is 29.8 Å². The number of halogens is 2. The van der Waals surface area contributed by atoms with Crippen molar-refractivity contribution < 1.29 is 9.50 Å². The Hall–Kier alpha value is -2.03. The number of aromatic nitrogens is 1. The van der Waals surface area contributed by atoms with Gasteiger partial charge in [-0.3, -0.25) is 4.98 Å². The fourth-order valence-corrected chi connectivity index (χ4v) is 4.31. The first-order chi connectivity index (χ1) is 14.5. The van der Waals surface area contributed by atoms with Crippen molar-refractivity contribution in [2.24, 2.45) is 5.73 Å². The maximum Gasteiger partial charge on any atom is 0.130 e. The third kappa shape index (κ3) is 5.77. The Balaban J connectivity index is 1.83. The van der Waals surface area contributed by atoms with Crippen LogP contribution in [0.1, 0.15) is 24.2 Å². The number of nitrogens with zero attached hydrogens (tertiary/aromatic N) is 1. The molecule has 1 heterocycles. The van der Waals surface area contributed by atoms with Crippen molar-refractivity contribution >= 4 is 35.3 Å². The minimum Gasteiger partial charge on any atom is -0.404 e. The molecule has 0 spiro atoms. The number of thioether (sulfide) groups is 1. The number of benzene rings is 2. The number of aliphatic hydroxyl groups is 1. The molecule has 0 saturated carbocycles. The van der Waals surface area contributed by atoms with Crippen LogP contribution in [0, 0.1) is 5.82 Å². The predicted molar refractivity (Wildman–Crippen MR) is 125 cm³/mol. The van der Waals surface area contributed by atoms with Gasteiger partial charge in [0.2, 0.25) is 0 Å². The van der Waals surface area contributed by atoms with Crippen LogP contribution in [0.4, 0.5) is 4.39 Å². The number of hydrogen-bond donors (Lipinski definition) is 3. The van der Waals surface area contributed by atoms with Crippen molar-refractivity contribution in [2.45, 2.75) is 23.3 Å². The van der Waals surface area contributed by atoms with E-state index in [0.29, 0.717) is 21.0 Å². The lowest BCUT2D eigenvalue weighted by Gasteiger charge is -2.18. The summed E-state index contributed by atoms with van der Waals surface area (Å²) in [5.41, 5.74) is 7.59. The summed E-state index contributed by atoms with van der Waals surface area (Å²) in [6.07, 6.45) is 3.68. The van der Waals surface area contributed by atoms with Crippen LogP contribution >= 0.6 is 35.3 Å². The van der Waals surface area contributed by atoms with Crippen molar-refractivity contribution in [1.82, 2.24) is 9.71 Å². The molecule has 30 heavy (non-hydrogen) atoms. The van der Waals surface area contributed by atoms with E-state index in [1.165, 1.54) is 36.0 Å². The van der Waals surface area contributed by atoms with E-state index in [0.717, 1.165) is 5.56 Å². The van der Waals surface area contributed by atoms with Gasteiger partial charge in [0.15, 0.2) is 0 Å². The smallest absolute Gasteiger partial charge is 0.130 e. The highest BCUT2D eigenvalue weighted by atomic mass is 35.5. The van der Waals surface area contributed by atoms with Gasteiger partial charge in [0.1, 0.15) is 11.9 Å². The number of pyridine rings is 1. The third-order valence-electron chi connectivity index (χ3n) is 4.25. The molecular formula is C22H21ClFN3OS2. The van der Waals surface area contributed by atoms with Crippen LogP contribution in [0.3, 0.4) is 0 Å². The molecule has 2 aromatic carbocycles. The zero-order chi connectivity index (χ0) is 21.5. The van der Waals surface area contributed by atoms with Gasteiger partial charge < -0.3 is 10.8 Å². The van der Waals surface area contributed by atoms with Crippen molar-refractivity contribution in [3.63, 3.8) is 0 Å². The molecule has 0 aliphatic carbocycles. The molecule has 0 fully saturated rings. The molecule has 2 atom stereocenters. The van der Waals surface area contributed by atoms with E-state index < -0.39 is 11.9 Å². The Kier molecular flexibility index (Phi) is 8.18. The zero-order valence-corrected chi connectivity index (χ0v) is 18.5. The molecule has 0 aliphatic heterocycles.